The van der Waals surface area contributed by atoms with E-state index in [1.54, 1.807) is 18.2 Å². The molecule has 10 heteroatoms. The van der Waals surface area contributed by atoms with E-state index >= 15 is 0 Å². The zero-order valence-electron chi connectivity index (χ0n) is 11.3. The quantitative estimate of drug-likeness (QED) is 0.868. The average Bonchev–Trinajstić information content (AvgIpc) is 3.12. The zero-order valence-corrected chi connectivity index (χ0v) is 12.1. The molecule has 23 heavy (non-hydrogen) atoms. The Hall–Kier alpha value is -2.62. The van der Waals surface area contributed by atoms with Crippen molar-refractivity contribution in [1.82, 2.24) is 10.2 Å². The second-order valence-corrected chi connectivity index (χ2v) is 5.32. The molecule has 0 radical (unpaired) electrons. The number of hydrogen-bond acceptors (Lipinski definition) is 6. The lowest BCUT2D eigenvalue weighted by atomic mass is 10.2. The number of anilines is 1. The summed E-state index contributed by atoms with van der Waals surface area (Å²) >= 11 is 0.257. The molecule has 0 saturated carbocycles. The minimum absolute atomic E-state index is 0.140. The van der Waals surface area contributed by atoms with Crippen molar-refractivity contribution < 1.29 is 27.4 Å². The second-order valence-electron chi connectivity index (χ2n) is 4.35. The van der Waals surface area contributed by atoms with Crippen LogP contribution in [0.5, 0.6) is 11.5 Å². The minimum atomic E-state index is -4.58. The number of nitrogens with one attached hydrogen (secondary N) is 1. The number of amides is 1. The molecule has 1 aliphatic heterocycles. The molecule has 0 atom stereocenters. The molecule has 0 spiro atoms. The summed E-state index contributed by atoms with van der Waals surface area (Å²) in [6.07, 6.45) is -1.92. The number of nitrogens with zero attached hydrogens (tertiary/aromatic N) is 2. The second kappa shape index (κ2) is 5.88. The maximum atomic E-state index is 12.4. The van der Waals surface area contributed by atoms with Crippen LogP contribution in [-0.2, 0) is 11.0 Å². The summed E-state index contributed by atoms with van der Waals surface area (Å²) in [5, 5.41) is 7.12. The van der Waals surface area contributed by atoms with E-state index in [0.717, 1.165) is 0 Å². The van der Waals surface area contributed by atoms with E-state index in [1.807, 2.05) is 0 Å². The monoisotopic (exact) mass is 343 g/mol. The van der Waals surface area contributed by atoms with Crippen molar-refractivity contribution in [2.24, 2.45) is 0 Å². The lowest BCUT2D eigenvalue weighted by Gasteiger charge is -1.98. The van der Waals surface area contributed by atoms with E-state index in [9.17, 15) is 18.0 Å². The van der Waals surface area contributed by atoms with Crippen LogP contribution in [0.4, 0.5) is 18.3 Å². The van der Waals surface area contributed by atoms with Crippen molar-refractivity contribution in [2.45, 2.75) is 6.18 Å². The fourth-order valence-corrected chi connectivity index (χ4v) is 2.34. The molecule has 1 amide bonds. The SMILES string of the molecule is O=C(/C=C/c1ccc2c(c1)OCO2)Nc1nnc(C(F)(F)F)s1. The lowest BCUT2D eigenvalue weighted by molar-refractivity contribution is -0.138. The summed E-state index contributed by atoms with van der Waals surface area (Å²) in [4.78, 5) is 11.7. The number of carbonyl (C=O) groups is 1. The normalized spacial score (nSPS) is 13.5. The predicted octanol–water partition coefficient (Wildman–Crippen LogP) is 2.94. The van der Waals surface area contributed by atoms with Crippen molar-refractivity contribution in [1.29, 1.82) is 0 Å². The van der Waals surface area contributed by atoms with Crippen LogP contribution in [0.25, 0.3) is 6.08 Å². The number of hydrogen-bond donors (Lipinski definition) is 1. The zero-order chi connectivity index (χ0) is 16.4. The summed E-state index contributed by atoms with van der Waals surface area (Å²) in [7, 11) is 0. The van der Waals surface area contributed by atoms with Crippen LogP contribution >= 0.6 is 11.3 Å². The van der Waals surface area contributed by atoms with Gasteiger partial charge in [-0.15, -0.1) is 10.2 Å². The summed E-state index contributed by atoms with van der Waals surface area (Å²) in [5.41, 5.74) is 0.678. The van der Waals surface area contributed by atoms with Gasteiger partial charge in [0.15, 0.2) is 11.5 Å². The maximum Gasteiger partial charge on any atom is 0.445 e. The molecule has 0 unspecified atom stereocenters. The molecule has 1 aliphatic rings. The molecular formula is C13H8F3N3O3S. The van der Waals surface area contributed by atoms with E-state index in [-0.39, 0.29) is 23.3 Å². The number of benzene rings is 1. The van der Waals surface area contributed by atoms with Gasteiger partial charge in [0.25, 0.3) is 0 Å². The van der Waals surface area contributed by atoms with Crippen LogP contribution in [0.1, 0.15) is 10.6 Å². The molecule has 1 aromatic carbocycles. The Morgan fingerprint density at radius 3 is 2.78 bits per heavy atom. The van der Waals surface area contributed by atoms with E-state index in [2.05, 4.69) is 15.5 Å². The highest BCUT2D eigenvalue weighted by Gasteiger charge is 2.35. The van der Waals surface area contributed by atoms with Crippen LogP contribution in [0, 0.1) is 0 Å². The molecule has 1 aromatic heterocycles. The number of fused-ring (bicyclic) bond motifs is 1. The molecular weight excluding hydrogens is 335 g/mol. The summed E-state index contributed by atoms with van der Waals surface area (Å²) in [6, 6.07) is 5.09. The molecule has 1 N–H and O–H groups in total. The van der Waals surface area contributed by atoms with Crippen LogP contribution in [0.15, 0.2) is 24.3 Å². The highest BCUT2D eigenvalue weighted by atomic mass is 32.1. The van der Waals surface area contributed by atoms with Crippen molar-refractivity contribution in [3.63, 3.8) is 0 Å². The Bertz CT molecular complexity index is 773. The third-order valence-electron chi connectivity index (χ3n) is 2.72. The van der Waals surface area contributed by atoms with Crippen LogP contribution < -0.4 is 14.8 Å². The smallest absolute Gasteiger partial charge is 0.445 e. The maximum absolute atomic E-state index is 12.4. The van der Waals surface area contributed by atoms with Crippen molar-refractivity contribution in [2.75, 3.05) is 12.1 Å². The van der Waals surface area contributed by atoms with Crippen LogP contribution in [-0.4, -0.2) is 22.9 Å². The number of carbonyl (C=O) groups excluding carboxylic acids is 1. The van der Waals surface area contributed by atoms with Gasteiger partial charge >= 0.3 is 6.18 Å². The number of rotatable bonds is 3. The van der Waals surface area contributed by atoms with Gasteiger partial charge in [-0.25, -0.2) is 0 Å². The highest BCUT2D eigenvalue weighted by Crippen LogP contribution is 2.33. The molecule has 0 fully saturated rings. The Balaban J connectivity index is 1.64. The van der Waals surface area contributed by atoms with Gasteiger partial charge in [-0.05, 0) is 23.8 Å². The molecule has 3 rings (SSSR count). The fraction of sp³-hybridized carbons (Fsp3) is 0.154. The minimum Gasteiger partial charge on any atom is -0.454 e. The molecule has 2 aromatic rings. The fourth-order valence-electron chi connectivity index (χ4n) is 1.72. The number of halogens is 3. The van der Waals surface area contributed by atoms with Gasteiger partial charge in [-0.2, -0.15) is 13.2 Å². The van der Waals surface area contributed by atoms with Gasteiger partial charge in [-0.3, -0.25) is 10.1 Å². The Kier molecular flexibility index (Phi) is 3.90. The van der Waals surface area contributed by atoms with E-state index in [0.29, 0.717) is 17.1 Å². The molecule has 0 saturated heterocycles. The van der Waals surface area contributed by atoms with Gasteiger partial charge in [0.05, 0.1) is 0 Å². The number of ether oxygens (including phenoxy) is 2. The first-order valence-electron chi connectivity index (χ1n) is 6.21. The highest BCUT2D eigenvalue weighted by molar-refractivity contribution is 7.15. The average molecular weight is 343 g/mol. The van der Waals surface area contributed by atoms with Crippen LogP contribution in [0.3, 0.4) is 0 Å². The van der Waals surface area contributed by atoms with Gasteiger partial charge in [-0.1, -0.05) is 17.4 Å². The lowest BCUT2D eigenvalue weighted by Crippen LogP contribution is -2.07. The molecule has 2 heterocycles. The van der Waals surface area contributed by atoms with Crippen molar-refractivity contribution >= 4 is 28.5 Å². The van der Waals surface area contributed by atoms with Gasteiger partial charge in [0.1, 0.15) is 0 Å². The topological polar surface area (TPSA) is 73.3 Å². The Labute approximate surface area is 131 Å². The molecule has 0 bridgehead atoms. The molecule has 0 aliphatic carbocycles. The number of alkyl halides is 3. The van der Waals surface area contributed by atoms with Gasteiger partial charge in [0, 0.05) is 6.08 Å². The Morgan fingerprint density at radius 1 is 1.26 bits per heavy atom. The molecule has 6 nitrogen and oxygen atoms in total. The largest absolute Gasteiger partial charge is 0.454 e. The summed E-state index contributed by atoms with van der Waals surface area (Å²) < 4.78 is 47.5. The van der Waals surface area contributed by atoms with E-state index in [4.69, 9.17) is 9.47 Å². The first-order chi connectivity index (χ1) is 10.9. The standard InChI is InChI=1S/C13H8F3N3O3S/c14-13(15,16)11-18-19-12(23-11)17-10(20)4-2-7-1-3-8-9(5-7)22-6-21-8/h1-5H,6H2,(H,17,19,20)/b4-2+. The molecule has 120 valence electrons. The van der Waals surface area contributed by atoms with Crippen molar-refractivity contribution in [3.8, 4) is 11.5 Å². The third kappa shape index (κ3) is 3.59. The first kappa shape index (κ1) is 15.3. The number of aromatic nitrogens is 2. The third-order valence-corrected chi connectivity index (χ3v) is 3.60. The predicted molar refractivity (Wildman–Crippen MR) is 75.1 cm³/mol. The summed E-state index contributed by atoms with van der Waals surface area (Å²) in [6.45, 7) is 0.140. The van der Waals surface area contributed by atoms with Gasteiger partial charge in [0.2, 0.25) is 22.8 Å². The van der Waals surface area contributed by atoms with Gasteiger partial charge < -0.3 is 9.47 Å². The van der Waals surface area contributed by atoms with E-state index in [1.165, 1.54) is 12.2 Å². The van der Waals surface area contributed by atoms with Crippen LogP contribution in [0.2, 0.25) is 0 Å². The Morgan fingerprint density at radius 2 is 2.04 bits per heavy atom. The van der Waals surface area contributed by atoms with Crippen molar-refractivity contribution in [3.05, 3.63) is 34.8 Å². The first-order valence-corrected chi connectivity index (χ1v) is 7.03. The van der Waals surface area contributed by atoms with E-state index < -0.39 is 17.1 Å². The summed E-state index contributed by atoms with van der Waals surface area (Å²) in [5.74, 6) is 0.555.